The van der Waals surface area contributed by atoms with Crippen molar-refractivity contribution in [2.24, 2.45) is 0 Å². The standard InChI is InChI=1S/C17H23NO4Si/c1-21-17(20)13-5-6-15-14(11-19)10-18(16(15)9-13)12-22-7-8-23(2,3)4/h5-6,9-11H,7-8,12H2,1-4H3. The molecule has 0 saturated carbocycles. The van der Waals surface area contributed by atoms with E-state index in [2.05, 4.69) is 19.6 Å². The van der Waals surface area contributed by atoms with Gasteiger partial charge in [0.1, 0.15) is 6.73 Å². The fourth-order valence-corrected chi connectivity index (χ4v) is 3.06. The molecule has 0 aliphatic carbocycles. The molecule has 0 saturated heterocycles. The zero-order valence-electron chi connectivity index (χ0n) is 14.1. The molecule has 0 amide bonds. The number of aromatic nitrogens is 1. The van der Waals surface area contributed by atoms with Crippen LogP contribution in [0.25, 0.3) is 10.9 Å². The minimum atomic E-state index is -1.13. The van der Waals surface area contributed by atoms with Gasteiger partial charge in [-0.25, -0.2) is 4.79 Å². The second-order valence-electron chi connectivity index (χ2n) is 6.74. The summed E-state index contributed by atoms with van der Waals surface area (Å²) in [5, 5.41) is 0.807. The van der Waals surface area contributed by atoms with E-state index in [0.29, 0.717) is 24.5 Å². The van der Waals surface area contributed by atoms with Gasteiger partial charge in [0.2, 0.25) is 0 Å². The summed E-state index contributed by atoms with van der Waals surface area (Å²) in [6.45, 7) is 7.96. The summed E-state index contributed by atoms with van der Waals surface area (Å²) in [7, 11) is 0.218. The molecule has 0 unspecified atom stereocenters. The third-order valence-corrected chi connectivity index (χ3v) is 5.39. The molecule has 0 bridgehead atoms. The fourth-order valence-electron chi connectivity index (χ4n) is 2.31. The first-order valence-corrected chi connectivity index (χ1v) is 11.3. The maximum atomic E-state index is 11.7. The normalized spacial score (nSPS) is 11.7. The Bertz CT molecular complexity index is 715. The van der Waals surface area contributed by atoms with E-state index in [-0.39, 0.29) is 0 Å². The van der Waals surface area contributed by atoms with E-state index >= 15 is 0 Å². The number of esters is 1. The molecule has 0 aliphatic rings. The molecule has 124 valence electrons. The molecule has 1 heterocycles. The lowest BCUT2D eigenvalue weighted by molar-refractivity contribution is 0.0600. The van der Waals surface area contributed by atoms with E-state index in [1.165, 1.54) is 7.11 Å². The SMILES string of the molecule is COC(=O)c1ccc2c(C=O)cn(COCC[Si](C)(C)C)c2c1. The first-order chi connectivity index (χ1) is 10.9. The Morgan fingerprint density at radius 3 is 2.65 bits per heavy atom. The van der Waals surface area contributed by atoms with Gasteiger partial charge in [0.05, 0.1) is 18.2 Å². The highest BCUT2D eigenvalue weighted by atomic mass is 28.3. The second kappa shape index (κ2) is 7.10. The van der Waals surface area contributed by atoms with Gasteiger partial charge in [-0.3, -0.25) is 4.79 Å². The zero-order valence-corrected chi connectivity index (χ0v) is 15.1. The van der Waals surface area contributed by atoms with Crippen LogP contribution in [-0.4, -0.2) is 38.6 Å². The van der Waals surface area contributed by atoms with Crippen LogP contribution < -0.4 is 0 Å². The Balaban J connectivity index is 2.24. The molecule has 0 radical (unpaired) electrons. The number of nitrogens with zero attached hydrogens (tertiary/aromatic N) is 1. The van der Waals surface area contributed by atoms with Gasteiger partial charge in [-0.15, -0.1) is 0 Å². The number of benzene rings is 1. The minimum absolute atomic E-state index is 0.361. The van der Waals surface area contributed by atoms with Crippen molar-refractivity contribution in [2.45, 2.75) is 32.4 Å². The Kier molecular flexibility index (Phi) is 5.38. The molecule has 5 nitrogen and oxygen atoms in total. The molecule has 0 fully saturated rings. The van der Waals surface area contributed by atoms with Gasteiger partial charge < -0.3 is 14.0 Å². The van der Waals surface area contributed by atoms with Crippen LogP contribution in [-0.2, 0) is 16.2 Å². The Morgan fingerprint density at radius 1 is 1.30 bits per heavy atom. The van der Waals surface area contributed by atoms with E-state index in [4.69, 9.17) is 9.47 Å². The molecule has 0 N–H and O–H groups in total. The number of hydrogen-bond donors (Lipinski definition) is 0. The average molecular weight is 333 g/mol. The molecular formula is C17H23NO4Si. The topological polar surface area (TPSA) is 57.5 Å². The van der Waals surface area contributed by atoms with Gasteiger partial charge >= 0.3 is 5.97 Å². The third kappa shape index (κ3) is 4.30. The van der Waals surface area contributed by atoms with Gasteiger partial charge in [0.25, 0.3) is 0 Å². The number of carbonyl (C=O) groups excluding carboxylic acids is 2. The molecule has 6 heteroatoms. The summed E-state index contributed by atoms with van der Waals surface area (Å²) in [5.74, 6) is -0.396. The van der Waals surface area contributed by atoms with Crippen LogP contribution in [0, 0.1) is 0 Å². The van der Waals surface area contributed by atoms with Crippen LogP contribution in [0.15, 0.2) is 24.4 Å². The van der Waals surface area contributed by atoms with Crippen LogP contribution in [0.4, 0.5) is 0 Å². The molecule has 1 aromatic carbocycles. The monoisotopic (exact) mass is 333 g/mol. The molecule has 0 aliphatic heterocycles. The lowest BCUT2D eigenvalue weighted by Gasteiger charge is -2.15. The van der Waals surface area contributed by atoms with E-state index in [1.807, 2.05) is 4.57 Å². The van der Waals surface area contributed by atoms with Gasteiger partial charge in [0, 0.05) is 31.8 Å². The van der Waals surface area contributed by atoms with Gasteiger partial charge in [-0.1, -0.05) is 25.7 Å². The van der Waals surface area contributed by atoms with E-state index in [1.54, 1.807) is 24.4 Å². The Hall–Kier alpha value is -1.92. The largest absolute Gasteiger partial charge is 0.465 e. The second-order valence-corrected chi connectivity index (χ2v) is 12.4. The lowest BCUT2D eigenvalue weighted by Crippen LogP contribution is -2.21. The molecule has 1 aromatic heterocycles. The highest BCUT2D eigenvalue weighted by Crippen LogP contribution is 2.22. The smallest absolute Gasteiger partial charge is 0.337 e. The average Bonchev–Trinajstić information content (AvgIpc) is 2.87. The Morgan fingerprint density at radius 2 is 2.04 bits per heavy atom. The molecule has 2 rings (SSSR count). The number of rotatable bonds is 7. The molecular weight excluding hydrogens is 310 g/mol. The summed E-state index contributed by atoms with van der Waals surface area (Å²) in [6.07, 6.45) is 2.58. The summed E-state index contributed by atoms with van der Waals surface area (Å²) < 4.78 is 12.4. The van der Waals surface area contributed by atoms with Crippen molar-refractivity contribution in [1.29, 1.82) is 0 Å². The minimum Gasteiger partial charge on any atom is -0.465 e. The number of hydrogen-bond acceptors (Lipinski definition) is 4. The van der Waals surface area contributed by atoms with Crippen LogP contribution in [0.2, 0.25) is 25.7 Å². The number of ether oxygens (including phenoxy) is 2. The third-order valence-electron chi connectivity index (χ3n) is 3.69. The maximum Gasteiger partial charge on any atom is 0.337 e. The van der Waals surface area contributed by atoms with E-state index < -0.39 is 14.0 Å². The van der Waals surface area contributed by atoms with Crippen LogP contribution in [0.5, 0.6) is 0 Å². The number of methoxy groups -OCH3 is 1. The first kappa shape index (κ1) is 17.4. The van der Waals surface area contributed by atoms with Crippen LogP contribution in [0.1, 0.15) is 20.7 Å². The Labute approximate surface area is 137 Å². The van der Waals surface area contributed by atoms with Crippen molar-refractivity contribution in [2.75, 3.05) is 13.7 Å². The maximum absolute atomic E-state index is 11.7. The van der Waals surface area contributed by atoms with E-state index in [9.17, 15) is 9.59 Å². The van der Waals surface area contributed by atoms with Crippen molar-refractivity contribution in [3.05, 3.63) is 35.5 Å². The van der Waals surface area contributed by atoms with Crippen LogP contribution in [0.3, 0.4) is 0 Å². The van der Waals surface area contributed by atoms with Crippen molar-refractivity contribution in [3.63, 3.8) is 0 Å². The number of aldehydes is 1. The quantitative estimate of drug-likeness (QED) is 0.336. The van der Waals surface area contributed by atoms with Crippen molar-refractivity contribution in [1.82, 2.24) is 4.57 Å². The summed E-state index contributed by atoms with van der Waals surface area (Å²) in [4.78, 5) is 22.9. The van der Waals surface area contributed by atoms with E-state index in [0.717, 1.165) is 23.2 Å². The van der Waals surface area contributed by atoms with Crippen molar-refractivity contribution < 1.29 is 19.1 Å². The summed E-state index contributed by atoms with van der Waals surface area (Å²) in [5.41, 5.74) is 1.84. The van der Waals surface area contributed by atoms with Gasteiger partial charge in [-0.2, -0.15) is 0 Å². The molecule has 2 aromatic rings. The van der Waals surface area contributed by atoms with Gasteiger partial charge in [-0.05, 0) is 18.2 Å². The molecule has 0 atom stereocenters. The molecule has 0 spiro atoms. The van der Waals surface area contributed by atoms with Crippen LogP contribution >= 0.6 is 0 Å². The number of carbonyl (C=O) groups is 2. The molecule has 23 heavy (non-hydrogen) atoms. The highest BCUT2D eigenvalue weighted by molar-refractivity contribution is 6.76. The first-order valence-electron chi connectivity index (χ1n) is 7.60. The van der Waals surface area contributed by atoms with Crippen molar-refractivity contribution in [3.8, 4) is 0 Å². The van der Waals surface area contributed by atoms with Gasteiger partial charge in [0.15, 0.2) is 6.29 Å². The predicted molar refractivity (Wildman–Crippen MR) is 92.8 cm³/mol. The summed E-state index contributed by atoms with van der Waals surface area (Å²) >= 11 is 0. The highest BCUT2D eigenvalue weighted by Gasteiger charge is 2.14. The summed E-state index contributed by atoms with van der Waals surface area (Å²) in [6, 6.07) is 6.25. The zero-order chi connectivity index (χ0) is 17.0. The number of fused-ring (bicyclic) bond motifs is 1. The van der Waals surface area contributed by atoms with Crippen molar-refractivity contribution >= 4 is 31.2 Å². The fraction of sp³-hybridized carbons (Fsp3) is 0.412. The predicted octanol–water partition coefficient (Wildman–Crippen LogP) is 3.55. The lowest BCUT2D eigenvalue weighted by atomic mass is 10.1.